The average Bonchev–Trinajstić information content (AvgIpc) is 2.82. The number of rotatable bonds is 6. The molecular formula is C25H17Br2ClN2O4S. The maximum atomic E-state index is 13.2. The van der Waals surface area contributed by atoms with Crippen LogP contribution < -0.4 is 19.7 Å². The van der Waals surface area contributed by atoms with Crippen molar-refractivity contribution in [1.29, 1.82) is 0 Å². The van der Waals surface area contributed by atoms with Gasteiger partial charge in [0.05, 0.1) is 12.8 Å². The molecule has 0 atom stereocenters. The number of anilines is 1. The topological polar surface area (TPSA) is 67.9 Å². The second-order valence-electron chi connectivity index (χ2n) is 7.37. The van der Waals surface area contributed by atoms with E-state index in [-0.39, 0.29) is 10.7 Å². The Hall–Kier alpha value is -2.72. The van der Waals surface area contributed by atoms with Crippen LogP contribution in [0.15, 0.2) is 75.2 Å². The highest BCUT2D eigenvalue weighted by atomic mass is 79.9. The molecule has 6 nitrogen and oxygen atoms in total. The molecule has 35 heavy (non-hydrogen) atoms. The van der Waals surface area contributed by atoms with Crippen molar-refractivity contribution in [3.8, 4) is 11.5 Å². The molecule has 4 rings (SSSR count). The predicted octanol–water partition coefficient (Wildman–Crippen LogP) is 6.28. The van der Waals surface area contributed by atoms with Crippen molar-refractivity contribution in [2.45, 2.75) is 6.61 Å². The summed E-state index contributed by atoms with van der Waals surface area (Å²) < 4.78 is 13.3. The number of hydrogen-bond acceptors (Lipinski definition) is 5. The third-order valence-electron chi connectivity index (χ3n) is 5.08. The third-order valence-corrected chi connectivity index (χ3v) is 6.85. The predicted molar refractivity (Wildman–Crippen MR) is 147 cm³/mol. The van der Waals surface area contributed by atoms with Crippen molar-refractivity contribution in [3.63, 3.8) is 0 Å². The van der Waals surface area contributed by atoms with E-state index in [1.807, 2.05) is 18.2 Å². The van der Waals surface area contributed by atoms with Crippen LogP contribution in [-0.2, 0) is 16.2 Å². The van der Waals surface area contributed by atoms with Gasteiger partial charge in [0.15, 0.2) is 16.6 Å². The summed E-state index contributed by atoms with van der Waals surface area (Å²) >= 11 is 18.1. The Morgan fingerprint density at radius 3 is 2.46 bits per heavy atom. The molecule has 0 unspecified atom stereocenters. The van der Waals surface area contributed by atoms with Crippen LogP contribution in [0.25, 0.3) is 6.08 Å². The minimum absolute atomic E-state index is 0.0000895. The van der Waals surface area contributed by atoms with E-state index in [9.17, 15) is 9.59 Å². The first kappa shape index (κ1) is 25.4. The van der Waals surface area contributed by atoms with Gasteiger partial charge in [-0.1, -0.05) is 55.6 Å². The largest absolute Gasteiger partial charge is 0.493 e. The van der Waals surface area contributed by atoms with Gasteiger partial charge < -0.3 is 9.47 Å². The van der Waals surface area contributed by atoms with E-state index in [0.29, 0.717) is 34.4 Å². The van der Waals surface area contributed by atoms with E-state index in [0.717, 1.165) is 14.5 Å². The Morgan fingerprint density at radius 1 is 1.03 bits per heavy atom. The molecule has 1 heterocycles. The molecule has 1 fully saturated rings. The van der Waals surface area contributed by atoms with Crippen molar-refractivity contribution >= 4 is 84.4 Å². The molecule has 0 bridgehead atoms. The zero-order valence-corrected chi connectivity index (χ0v) is 22.9. The zero-order valence-electron chi connectivity index (χ0n) is 18.2. The summed E-state index contributed by atoms with van der Waals surface area (Å²) in [4.78, 5) is 27.0. The van der Waals surface area contributed by atoms with Crippen molar-refractivity contribution in [2.75, 3.05) is 12.0 Å². The molecule has 0 aliphatic carbocycles. The highest BCUT2D eigenvalue weighted by Gasteiger charge is 2.34. The molecule has 2 amide bonds. The van der Waals surface area contributed by atoms with Crippen molar-refractivity contribution < 1.29 is 19.1 Å². The highest BCUT2D eigenvalue weighted by Crippen LogP contribution is 2.32. The second kappa shape index (κ2) is 10.9. The normalized spacial score (nSPS) is 14.8. The number of hydrogen-bond donors (Lipinski definition) is 1. The van der Waals surface area contributed by atoms with E-state index in [1.54, 1.807) is 42.5 Å². The van der Waals surface area contributed by atoms with E-state index in [2.05, 4.69) is 37.2 Å². The SMILES string of the molecule is COc1cc(/C=C2\C(=O)NC(=S)N(c3ccc(Cl)cc3)C2=O)ccc1OCc1ccc(Br)cc1Br. The van der Waals surface area contributed by atoms with E-state index in [4.69, 9.17) is 33.3 Å². The number of carbonyl (C=O) groups excluding carboxylic acids is 2. The standard InChI is InChI=1S/C25H17Br2ClN2O4S/c1-33-22-11-14(2-9-21(22)34-13-15-3-4-16(26)12-20(15)27)10-19-23(31)29-25(35)30(24(19)32)18-7-5-17(28)6-8-18/h2-12H,13H2,1H3,(H,29,31,35)/b19-10+. The van der Waals surface area contributed by atoms with Gasteiger partial charge >= 0.3 is 0 Å². The van der Waals surface area contributed by atoms with Crippen molar-refractivity contribution in [3.05, 3.63) is 91.3 Å². The highest BCUT2D eigenvalue weighted by molar-refractivity contribution is 9.11. The summed E-state index contributed by atoms with van der Waals surface area (Å²) in [5.41, 5.74) is 1.98. The van der Waals surface area contributed by atoms with Crippen LogP contribution in [0, 0.1) is 0 Å². The smallest absolute Gasteiger partial charge is 0.270 e. The molecule has 0 aromatic heterocycles. The number of methoxy groups -OCH3 is 1. The van der Waals surface area contributed by atoms with E-state index < -0.39 is 11.8 Å². The average molecular weight is 637 g/mol. The summed E-state index contributed by atoms with van der Waals surface area (Å²) in [6, 6.07) is 17.6. The van der Waals surface area contributed by atoms with Crippen LogP contribution in [0.5, 0.6) is 11.5 Å². The Morgan fingerprint density at radius 2 is 1.77 bits per heavy atom. The van der Waals surface area contributed by atoms with E-state index >= 15 is 0 Å². The first-order chi connectivity index (χ1) is 16.8. The molecule has 1 aliphatic rings. The molecule has 0 spiro atoms. The summed E-state index contributed by atoms with van der Waals surface area (Å²) in [6.45, 7) is 0.319. The second-order valence-corrected chi connectivity index (χ2v) is 9.96. The molecule has 3 aromatic carbocycles. The molecule has 0 saturated carbocycles. The first-order valence-corrected chi connectivity index (χ1v) is 12.6. The number of benzene rings is 3. The van der Waals surface area contributed by atoms with Gasteiger partial charge in [-0.2, -0.15) is 0 Å². The van der Waals surface area contributed by atoms with Crippen LogP contribution >= 0.6 is 55.7 Å². The summed E-state index contributed by atoms with van der Waals surface area (Å²) in [5, 5.41) is 3.08. The zero-order chi connectivity index (χ0) is 25.1. The van der Waals surface area contributed by atoms with Gasteiger partial charge in [0, 0.05) is 19.5 Å². The lowest BCUT2D eigenvalue weighted by atomic mass is 10.1. The summed E-state index contributed by atoms with van der Waals surface area (Å²) in [5.74, 6) is -0.140. The minimum atomic E-state index is -0.579. The molecule has 3 aromatic rings. The molecule has 178 valence electrons. The number of halogens is 3. The van der Waals surface area contributed by atoms with Gasteiger partial charge in [-0.15, -0.1) is 0 Å². The van der Waals surface area contributed by atoms with Gasteiger partial charge in [0.2, 0.25) is 0 Å². The Balaban J connectivity index is 1.59. The fraction of sp³-hybridized carbons (Fsp3) is 0.0800. The van der Waals surface area contributed by atoms with Gasteiger partial charge in [-0.3, -0.25) is 19.8 Å². The molecule has 10 heteroatoms. The molecule has 1 aliphatic heterocycles. The van der Waals surface area contributed by atoms with Gasteiger partial charge in [-0.25, -0.2) is 0 Å². The van der Waals surface area contributed by atoms with Crippen LogP contribution in [0.2, 0.25) is 5.02 Å². The number of ether oxygens (including phenoxy) is 2. The Kier molecular flexibility index (Phi) is 7.91. The lowest BCUT2D eigenvalue weighted by molar-refractivity contribution is -0.122. The number of nitrogens with zero attached hydrogens (tertiary/aromatic N) is 1. The number of amides is 2. The van der Waals surface area contributed by atoms with Gasteiger partial charge in [0.1, 0.15) is 12.2 Å². The summed E-state index contributed by atoms with van der Waals surface area (Å²) in [7, 11) is 1.52. The van der Waals surface area contributed by atoms with Crippen molar-refractivity contribution in [2.24, 2.45) is 0 Å². The van der Waals surface area contributed by atoms with Crippen LogP contribution in [-0.4, -0.2) is 24.0 Å². The monoisotopic (exact) mass is 634 g/mol. The molecule has 0 radical (unpaired) electrons. The molecule has 1 saturated heterocycles. The van der Waals surface area contributed by atoms with Crippen LogP contribution in [0.3, 0.4) is 0 Å². The maximum Gasteiger partial charge on any atom is 0.270 e. The quantitative estimate of drug-likeness (QED) is 0.196. The lowest BCUT2D eigenvalue weighted by Crippen LogP contribution is -2.54. The Bertz CT molecular complexity index is 1360. The van der Waals surface area contributed by atoms with E-state index in [1.165, 1.54) is 18.1 Å². The molecule has 1 N–H and O–H groups in total. The fourth-order valence-corrected chi connectivity index (χ4v) is 4.90. The summed E-state index contributed by atoms with van der Waals surface area (Å²) in [6.07, 6.45) is 1.49. The number of thiocarbonyl (C=S) groups is 1. The van der Waals surface area contributed by atoms with Crippen LogP contribution in [0.4, 0.5) is 5.69 Å². The third kappa shape index (κ3) is 5.75. The number of nitrogens with one attached hydrogen (secondary N) is 1. The first-order valence-electron chi connectivity index (χ1n) is 10.2. The van der Waals surface area contributed by atoms with Gasteiger partial charge in [-0.05, 0) is 72.4 Å². The van der Waals surface area contributed by atoms with Crippen LogP contribution in [0.1, 0.15) is 11.1 Å². The number of carbonyl (C=O) groups is 2. The fourth-order valence-electron chi connectivity index (χ4n) is 3.34. The molecular weight excluding hydrogens is 620 g/mol. The lowest BCUT2D eigenvalue weighted by Gasteiger charge is -2.29. The maximum absolute atomic E-state index is 13.2. The Labute approximate surface area is 229 Å². The minimum Gasteiger partial charge on any atom is -0.493 e. The van der Waals surface area contributed by atoms with Gasteiger partial charge in [0.25, 0.3) is 11.8 Å². The van der Waals surface area contributed by atoms with Crippen molar-refractivity contribution in [1.82, 2.24) is 5.32 Å².